The minimum Gasteiger partial charge on any atom is -0.480 e. The van der Waals surface area contributed by atoms with Gasteiger partial charge in [-0.25, -0.2) is 14.4 Å². The van der Waals surface area contributed by atoms with Crippen LogP contribution < -0.4 is 5.32 Å². The van der Waals surface area contributed by atoms with E-state index in [1.54, 1.807) is 13.8 Å². The molecule has 0 radical (unpaired) electrons. The zero-order valence-corrected chi connectivity index (χ0v) is 19.8. The Labute approximate surface area is 203 Å². The molecule has 1 aromatic rings. The molecule has 11 heteroatoms. The summed E-state index contributed by atoms with van der Waals surface area (Å²) in [6.45, 7) is 4.09. The van der Waals surface area contributed by atoms with Gasteiger partial charge in [0.2, 0.25) is 5.91 Å². The molecule has 0 saturated carbocycles. The molecule has 35 heavy (non-hydrogen) atoms. The van der Waals surface area contributed by atoms with Crippen molar-refractivity contribution in [1.29, 1.82) is 0 Å². The summed E-state index contributed by atoms with van der Waals surface area (Å²) in [5.41, 5.74) is 1.10. The van der Waals surface area contributed by atoms with Crippen LogP contribution in [-0.2, 0) is 35.1 Å². The number of likely N-dealkylation sites (tertiary alicyclic amines) is 1. The van der Waals surface area contributed by atoms with Crippen LogP contribution >= 0.6 is 0 Å². The summed E-state index contributed by atoms with van der Waals surface area (Å²) in [5, 5.41) is 27.9. The predicted molar refractivity (Wildman–Crippen MR) is 125 cm³/mol. The van der Waals surface area contributed by atoms with Gasteiger partial charge >= 0.3 is 23.9 Å². The summed E-state index contributed by atoms with van der Waals surface area (Å²) in [4.78, 5) is 56.8. The summed E-state index contributed by atoms with van der Waals surface area (Å²) in [7, 11) is 0. The molecule has 1 heterocycles. The molecule has 1 fully saturated rings. The molecule has 2 rings (SSSR count). The minimum absolute atomic E-state index is 0.262. The fraction of sp³-hybridized carbons (Fsp3) is 0.458. The van der Waals surface area contributed by atoms with Crippen molar-refractivity contribution in [3.05, 3.63) is 48.0 Å². The Morgan fingerprint density at radius 3 is 2.20 bits per heavy atom. The largest absolute Gasteiger partial charge is 0.480 e. The number of amides is 1. The van der Waals surface area contributed by atoms with Gasteiger partial charge in [0.05, 0.1) is 12.6 Å². The van der Waals surface area contributed by atoms with Crippen molar-refractivity contribution in [1.82, 2.24) is 10.2 Å². The van der Waals surface area contributed by atoms with E-state index in [4.69, 9.17) is 14.9 Å². The van der Waals surface area contributed by atoms with Crippen LogP contribution in [0.2, 0.25) is 0 Å². The van der Waals surface area contributed by atoms with Gasteiger partial charge in [-0.2, -0.15) is 0 Å². The van der Waals surface area contributed by atoms with Crippen molar-refractivity contribution in [2.24, 2.45) is 0 Å². The van der Waals surface area contributed by atoms with E-state index in [1.807, 2.05) is 30.3 Å². The van der Waals surface area contributed by atoms with Crippen LogP contribution in [-0.4, -0.2) is 81.3 Å². The predicted octanol–water partition coefficient (Wildman–Crippen LogP) is 1.32. The summed E-state index contributed by atoms with van der Waals surface area (Å²) in [6.07, 6.45) is 3.40. The van der Waals surface area contributed by atoms with Gasteiger partial charge in [0.25, 0.3) is 0 Å². The van der Waals surface area contributed by atoms with Crippen molar-refractivity contribution in [3.8, 4) is 0 Å². The fourth-order valence-corrected chi connectivity index (χ4v) is 3.52. The third kappa shape index (κ3) is 10.8. The van der Waals surface area contributed by atoms with Gasteiger partial charge in [0.1, 0.15) is 12.1 Å². The normalized spacial score (nSPS) is 16.6. The molecule has 4 N–H and O–H groups in total. The van der Waals surface area contributed by atoms with Crippen molar-refractivity contribution < 1.29 is 44.0 Å². The van der Waals surface area contributed by atoms with E-state index >= 15 is 0 Å². The molecule has 0 spiro atoms. The number of carboxylic acids is 3. The molecule has 1 aliphatic rings. The maximum atomic E-state index is 12.7. The standard InChI is InChI=1S/C20H28N2O5.C4H4O4/c1-3-27-20(26)16(12-11-15-8-5-4-6-9-15)21-14(2)18(23)22-13-7-10-17(22)19(24)25;5-3(6)1-2-4(7)8/h4-6,8-9,14,16-17,21H,3,7,10-13H2,1-2H3,(H,24,25);1-2H,(H,5,6)(H,7,8)/b;2-1-/t14-,16-,17-;/m1./s1. The third-order valence-corrected chi connectivity index (χ3v) is 5.15. The smallest absolute Gasteiger partial charge is 0.328 e. The van der Waals surface area contributed by atoms with E-state index in [2.05, 4.69) is 5.32 Å². The monoisotopic (exact) mass is 492 g/mol. The molecule has 1 amide bonds. The number of aryl methyl sites for hydroxylation is 1. The maximum absolute atomic E-state index is 12.7. The Hall–Kier alpha value is -3.73. The van der Waals surface area contributed by atoms with E-state index in [1.165, 1.54) is 4.90 Å². The number of rotatable bonds is 11. The number of ether oxygens (including phenoxy) is 1. The van der Waals surface area contributed by atoms with Crippen LogP contribution in [0.4, 0.5) is 0 Å². The Morgan fingerprint density at radius 2 is 1.69 bits per heavy atom. The summed E-state index contributed by atoms with van der Waals surface area (Å²) in [6, 6.07) is 7.69. The molecule has 0 aromatic heterocycles. The molecular weight excluding hydrogens is 460 g/mol. The zero-order valence-electron chi connectivity index (χ0n) is 19.8. The average Bonchev–Trinajstić information content (AvgIpc) is 3.31. The topological polar surface area (TPSA) is 171 Å². The van der Waals surface area contributed by atoms with Gasteiger partial charge in [-0.05, 0) is 45.1 Å². The first-order chi connectivity index (χ1) is 16.6. The van der Waals surface area contributed by atoms with Gasteiger partial charge < -0.3 is 25.0 Å². The minimum atomic E-state index is -1.26. The van der Waals surface area contributed by atoms with Gasteiger partial charge in [0.15, 0.2) is 0 Å². The number of carboxylic acid groups (broad SMARTS) is 3. The van der Waals surface area contributed by atoms with E-state index in [-0.39, 0.29) is 12.5 Å². The van der Waals surface area contributed by atoms with E-state index in [0.29, 0.717) is 44.4 Å². The maximum Gasteiger partial charge on any atom is 0.328 e. The highest BCUT2D eigenvalue weighted by molar-refractivity contribution is 5.89. The van der Waals surface area contributed by atoms with E-state index in [0.717, 1.165) is 5.56 Å². The molecule has 0 bridgehead atoms. The molecule has 11 nitrogen and oxygen atoms in total. The zero-order chi connectivity index (χ0) is 26.4. The SMILES string of the molecule is CCOC(=O)[C@@H](CCc1ccccc1)N[C@H](C)C(=O)N1CCC[C@@H]1C(=O)O.O=C(O)/C=C\C(=O)O. The van der Waals surface area contributed by atoms with Gasteiger partial charge in [-0.1, -0.05) is 30.3 Å². The quantitative estimate of drug-likeness (QED) is 0.261. The van der Waals surface area contributed by atoms with E-state index in [9.17, 15) is 29.1 Å². The number of carbonyl (C=O) groups is 5. The van der Waals surface area contributed by atoms with Crippen molar-refractivity contribution in [2.75, 3.05) is 13.2 Å². The molecule has 0 unspecified atom stereocenters. The van der Waals surface area contributed by atoms with Crippen LogP contribution in [0, 0.1) is 0 Å². The highest BCUT2D eigenvalue weighted by Crippen LogP contribution is 2.19. The summed E-state index contributed by atoms with van der Waals surface area (Å²) < 4.78 is 5.14. The number of nitrogens with zero attached hydrogens (tertiary/aromatic N) is 1. The third-order valence-electron chi connectivity index (χ3n) is 5.15. The molecule has 1 aromatic carbocycles. The number of hydrogen-bond acceptors (Lipinski definition) is 7. The molecule has 0 aliphatic carbocycles. The summed E-state index contributed by atoms with van der Waals surface area (Å²) in [5.74, 6) is -4.20. The Balaban J connectivity index is 0.000000658. The molecule has 192 valence electrons. The second kappa shape index (κ2) is 15.2. The van der Waals surface area contributed by atoms with Gasteiger partial charge in [-0.15, -0.1) is 0 Å². The molecular formula is C24H32N2O9. The Morgan fingerprint density at radius 1 is 1.09 bits per heavy atom. The van der Waals surface area contributed by atoms with Crippen LogP contribution in [0.1, 0.15) is 38.7 Å². The van der Waals surface area contributed by atoms with Crippen LogP contribution in [0.15, 0.2) is 42.5 Å². The first-order valence-corrected chi connectivity index (χ1v) is 11.2. The number of aliphatic carboxylic acids is 3. The first-order valence-electron chi connectivity index (χ1n) is 11.2. The second-order valence-corrected chi connectivity index (χ2v) is 7.75. The molecule has 1 saturated heterocycles. The second-order valence-electron chi connectivity index (χ2n) is 7.75. The Bertz CT molecular complexity index is 886. The number of benzene rings is 1. The van der Waals surface area contributed by atoms with Crippen molar-refractivity contribution >= 4 is 29.8 Å². The lowest BCUT2D eigenvalue weighted by Gasteiger charge is -2.27. The lowest BCUT2D eigenvalue weighted by atomic mass is 10.0. The van der Waals surface area contributed by atoms with Crippen LogP contribution in [0.3, 0.4) is 0 Å². The van der Waals surface area contributed by atoms with Crippen LogP contribution in [0.25, 0.3) is 0 Å². The fourth-order valence-electron chi connectivity index (χ4n) is 3.52. The average molecular weight is 493 g/mol. The van der Waals surface area contributed by atoms with Crippen molar-refractivity contribution in [2.45, 2.75) is 57.7 Å². The van der Waals surface area contributed by atoms with E-state index < -0.39 is 42.0 Å². The van der Waals surface area contributed by atoms with Crippen LogP contribution in [0.5, 0.6) is 0 Å². The Kier molecular flexibility index (Phi) is 12.7. The summed E-state index contributed by atoms with van der Waals surface area (Å²) >= 11 is 0. The highest BCUT2D eigenvalue weighted by Gasteiger charge is 2.36. The van der Waals surface area contributed by atoms with Gasteiger partial charge in [0, 0.05) is 18.7 Å². The number of nitrogens with one attached hydrogen (secondary N) is 1. The lowest BCUT2D eigenvalue weighted by molar-refractivity contribution is -0.150. The first kappa shape index (κ1) is 29.3. The molecule has 1 aliphatic heterocycles. The van der Waals surface area contributed by atoms with Crippen molar-refractivity contribution in [3.63, 3.8) is 0 Å². The number of hydrogen-bond donors (Lipinski definition) is 4. The number of carbonyl (C=O) groups excluding carboxylic acids is 2. The molecule has 3 atom stereocenters. The van der Waals surface area contributed by atoms with Gasteiger partial charge in [-0.3, -0.25) is 14.9 Å². The number of esters is 1. The lowest BCUT2D eigenvalue weighted by Crippen LogP contribution is -2.53. The highest BCUT2D eigenvalue weighted by atomic mass is 16.5.